The Morgan fingerprint density at radius 2 is 2.10 bits per heavy atom. The Kier molecular flexibility index (Phi) is 7.32. The van der Waals surface area contributed by atoms with Crippen LogP contribution in [0.4, 0.5) is 0 Å². The van der Waals surface area contributed by atoms with E-state index in [0.29, 0.717) is 19.5 Å². The second kappa shape index (κ2) is 9.07. The van der Waals surface area contributed by atoms with E-state index in [0.717, 1.165) is 25.1 Å². The van der Waals surface area contributed by atoms with Crippen LogP contribution in [0.15, 0.2) is 24.4 Å². The topological polar surface area (TPSA) is 62.3 Å². The Hall–Kier alpha value is -1.91. The van der Waals surface area contributed by atoms with Crippen LogP contribution < -0.4 is 5.32 Å². The molecule has 0 bridgehead atoms. The Labute approximate surface area is 120 Å². The number of hydrogen-bond acceptors (Lipinski definition) is 3. The highest BCUT2D eigenvalue weighted by atomic mass is 16.2. The lowest BCUT2D eigenvalue weighted by Gasteiger charge is -2.20. The lowest BCUT2D eigenvalue weighted by atomic mass is 10.3. The van der Waals surface area contributed by atoms with E-state index in [-0.39, 0.29) is 11.8 Å². The molecule has 1 aromatic rings. The van der Waals surface area contributed by atoms with Gasteiger partial charge < -0.3 is 10.2 Å². The summed E-state index contributed by atoms with van der Waals surface area (Å²) in [6.45, 7) is 5.25. The third-order valence-corrected chi connectivity index (χ3v) is 3.03. The number of aromatic nitrogens is 1. The van der Waals surface area contributed by atoms with Crippen molar-refractivity contribution in [1.29, 1.82) is 0 Å². The summed E-state index contributed by atoms with van der Waals surface area (Å²) in [6, 6.07) is 5.59. The maximum Gasteiger partial charge on any atom is 0.222 e. The molecule has 20 heavy (non-hydrogen) atoms. The molecule has 1 rings (SSSR count). The van der Waals surface area contributed by atoms with Gasteiger partial charge in [0.25, 0.3) is 0 Å². The molecule has 5 nitrogen and oxygen atoms in total. The predicted octanol–water partition coefficient (Wildman–Crippen LogP) is 1.74. The van der Waals surface area contributed by atoms with E-state index in [1.807, 2.05) is 18.2 Å². The van der Waals surface area contributed by atoms with Crippen LogP contribution >= 0.6 is 0 Å². The molecular formula is C15H23N3O2. The maximum absolute atomic E-state index is 11.7. The van der Waals surface area contributed by atoms with Gasteiger partial charge in [-0.2, -0.15) is 0 Å². The fraction of sp³-hybridized carbons (Fsp3) is 0.533. The molecule has 5 heteroatoms. The largest absolute Gasteiger partial charge is 0.350 e. The van der Waals surface area contributed by atoms with Crippen molar-refractivity contribution in [2.75, 3.05) is 13.1 Å². The van der Waals surface area contributed by atoms with Crippen molar-refractivity contribution < 1.29 is 9.59 Å². The number of nitrogens with one attached hydrogen (secondary N) is 1. The minimum absolute atomic E-state index is 0.0241. The summed E-state index contributed by atoms with van der Waals surface area (Å²) >= 11 is 0. The van der Waals surface area contributed by atoms with Gasteiger partial charge in [-0.25, -0.2) is 0 Å². The van der Waals surface area contributed by atoms with Gasteiger partial charge in [0.15, 0.2) is 0 Å². The zero-order valence-electron chi connectivity index (χ0n) is 12.3. The monoisotopic (exact) mass is 277 g/mol. The molecule has 0 aliphatic heterocycles. The summed E-state index contributed by atoms with van der Waals surface area (Å²) in [4.78, 5) is 29.0. The van der Waals surface area contributed by atoms with Gasteiger partial charge in [0.1, 0.15) is 0 Å². The van der Waals surface area contributed by atoms with Crippen LogP contribution in [0, 0.1) is 0 Å². The molecule has 0 spiro atoms. The molecule has 0 aliphatic rings. The first-order chi connectivity index (χ1) is 9.63. The first-order valence-corrected chi connectivity index (χ1v) is 7.05. The fourth-order valence-electron chi connectivity index (χ4n) is 1.79. The molecule has 1 aromatic heterocycles. The zero-order valence-corrected chi connectivity index (χ0v) is 12.3. The normalized spacial score (nSPS) is 10.1. The lowest BCUT2D eigenvalue weighted by Crippen LogP contribution is -2.34. The van der Waals surface area contributed by atoms with Gasteiger partial charge in [0.05, 0.1) is 12.2 Å². The average Bonchev–Trinajstić information content (AvgIpc) is 2.46. The summed E-state index contributed by atoms with van der Waals surface area (Å²) in [7, 11) is 0. The molecular weight excluding hydrogens is 254 g/mol. The van der Waals surface area contributed by atoms with E-state index in [4.69, 9.17) is 0 Å². The van der Waals surface area contributed by atoms with Crippen LogP contribution in [0.2, 0.25) is 0 Å². The number of unbranched alkanes of at least 4 members (excludes halogenated alkanes) is 1. The molecule has 1 N–H and O–H groups in total. The van der Waals surface area contributed by atoms with Gasteiger partial charge in [-0.15, -0.1) is 0 Å². The molecule has 0 radical (unpaired) electrons. The summed E-state index contributed by atoms with van der Waals surface area (Å²) in [5.74, 6) is -0.0330. The minimum atomic E-state index is -0.0570. The molecule has 0 saturated heterocycles. The quantitative estimate of drug-likeness (QED) is 0.787. The molecule has 2 amide bonds. The fourth-order valence-corrected chi connectivity index (χ4v) is 1.79. The predicted molar refractivity (Wildman–Crippen MR) is 77.9 cm³/mol. The van der Waals surface area contributed by atoms with Gasteiger partial charge in [-0.3, -0.25) is 14.6 Å². The number of carbonyl (C=O) groups excluding carboxylic acids is 2. The SMILES string of the molecule is CCCCN(CCC(=O)NCc1ccccn1)C(C)=O. The molecule has 0 aliphatic carbocycles. The number of rotatable bonds is 8. The van der Waals surface area contributed by atoms with E-state index in [9.17, 15) is 9.59 Å². The third-order valence-electron chi connectivity index (χ3n) is 3.03. The van der Waals surface area contributed by atoms with Gasteiger partial charge in [-0.05, 0) is 18.6 Å². The van der Waals surface area contributed by atoms with Crippen molar-refractivity contribution in [3.8, 4) is 0 Å². The van der Waals surface area contributed by atoms with Crippen molar-refractivity contribution >= 4 is 11.8 Å². The number of amides is 2. The lowest BCUT2D eigenvalue weighted by molar-refractivity contribution is -0.129. The Morgan fingerprint density at radius 1 is 1.30 bits per heavy atom. The molecule has 0 saturated carbocycles. The van der Waals surface area contributed by atoms with Gasteiger partial charge >= 0.3 is 0 Å². The van der Waals surface area contributed by atoms with Crippen molar-refractivity contribution in [2.45, 2.75) is 39.7 Å². The average molecular weight is 277 g/mol. The summed E-state index contributed by atoms with van der Waals surface area (Å²) in [5.41, 5.74) is 0.829. The maximum atomic E-state index is 11.7. The first kappa shape index (κ1) is 16.1. The third kappa shape index (κ3) is 6.31. The summed E-state index contributed by atoms with van der Waals surface area (Å²) in [5, 5.41) is 2.81. The van der Waals surface area contributed by atoms with Gasteiger partial charge in [-0.1, -0.05) is 19.4 Å². The van der Waals surface area contributed by atoms with E-state index in [2.05, 4.69) is 17.2 Å². The van der Waals surface area contributed by atoms with Crippen molar-refractivity contribution in [3.63, 3.8) is 0 Å². The number of hydrogen-bond donors (Lipinski definition) is 1. The van der Waals surface area contributed by atoms with E-state index < -0.39 is 0 Å². The van der Waals surface area contributed by atoms with Gasteiger partial charge in [0.2, 0.25) is 11.8 Å². The van der Waals surface area contributed by atoms with Crippen LogP contribution in [0.25, 0.3) is 0 Å². The number of nitrogens with zero attached hydrogens (tertiary/aromatic N) is 2. The zero-order chi connectivity index (χ0) is 14.8. The Bertz CT molecular complexity index is 420. The van der Waals surface area contributed by atoms with Crippen LogP contribution in [-0.4, -0.2) is 34.8 Å². The van der Waals surface area contributed by atoms with Crippen LogP contribution in [0.1, 0.15) is 38.8 Å². The van der Waals surface area contributed by atoms with Crippen LogP contribution in [0.5, 0.6) is 0 Å². The highest BCUT2D eigenvalue weighted by molar-refractivity contribution is 5.77. The van der Waals surface area contributed by atoms with Crippen molar-refractivity contribution in [2.24, 2.45) is 0 Å². The summed E-state index contributed by atoms with van der Waals surface area (Å²) in [6.07, 6.45) is 4.03. The minimum Gasteiger partial charge on any atom is -0.350 e. The number of pyridine rings is 1. The van der Waals surface area contributed by atoms with Crippen LogP contribution in [0.3, 0.4) is 0 Å². The van der Waals surface area contributed by atoms with E-state index >= 15 is 0 Å². The Morgan fingerprint density at radius 3 is 2.70 bits per heavy atom. The van der Waals surface area contributed by atoms with E-state index in [1.165, 1.54) is 0 Å². The standard InChI is InChI=1S/C15H23N3O2/c1-3-4-10-18(13(2)19)11-8-15(20)17-12-14-7-5-6-9-16-14/h5-7,9H,3-4,8,10-12H2,1-2H3,(H,17,20). The molecule has 110 valence electrons. The highest BCUT2D eigenvalue weighted by Gasteiger charge is 2.10. The molecule has 0 aromatic carbocycles. The molecule has 0 atom stereocenters. The van der Waals surface area contributed by atoms with Crippen LogP contribution in [-0.2, 0) is 16.1 Å². The second-order valence-electron chi connectivity index (χ2n) is 4.71. The Balaban J connectivity index is 2.29. The summed E-state index contributed by atoms with van der Waals surface area (Å²) < 4.78 is 0. The number of carbonyl (C=O) groups is 2. The van der Waals surface area contributed by atoms with E-state index in [1.54, 1.807) is 18.0 Å². The first-order valence-electron chi connectivity index (χ1n) is 7.05. The van der Waals surface area contributed by atoms with Crippen molar-refractivity contribution in [3.05, 3.63) is 30.1 Å². The molecule has 0 unspecified atom stereocenters. The molecule has 0 fully saturated rings. The smallest absolute Gasteiger partial charge is 0.222 e. The second-order valence-corrected chi connectivity index (χ2v) is 4.71. The molecule has 1 heterocycles. The highest BCUT2D eigenvalue weighted by Crippen LogP contribution is 1.98. The van der Waals surface area contributed by atoms with Crippen molar-refractivity contribution in [1.82, 2.24) is 15.2 Å². The van der Waals surface area contributed by atoms with Gasteiger partial charge in [0, 0.05) is 32.6 Å².